The van der Waals surface area contributed by atoms with Gasteiger partial charge in [-0.05, 0) is 36.3 Å². The van der Waals surface area contributed by atoms with Crippen molar-refractivity contribution < 1.29 is 9.66 Å². The van der Waals surface area contributed by atoms with E-state index in [4.69, 9.17) is 9.72 Å². The predicted octanol–water partition coefficient (Wildman–Crippen LogP) is 2.27. The molecule has 2 aromatic rings. The van der Waals surface area contributed by atoms with Crippen molar-refractivity contribution in [3.05, 3.63) is 45.4 Å². The van der Waals surface area contributed by atoms with Crippen molar-refractivity contribution >= 4 is 5.82 Å². The van der Waals surface area contributed by atoms with Crippen LogP contribution in [-0.2, 0) is 19.5 Å². The summed E-state index contributed by atoms with van der Waals surface area (Å²) < 4.78 is 7.70. The fraction of sp³-hybridized carbons (Fsp3) is 0.556. The van der Waals surface area contributed by atoms with Gasteiger partial charge in [0.25, 0.3) is 0 Å². The number of pyridine rings is 1. The maximum absolute atomic E-state index is 10.8. The quantitative estimate of drug-likeness (QED) is 0.618. The van der Waals surface area contributed by atoms with Gasteiger partial charge in [0, 0.05) is 48.3 Å². The van der Waals surface area contributed by atoms with Crippen LogP contribution in [-0.4, -0.2) is 43.0 Å². The topological polar surface area (TPSA) is 86.3 Å². The zero-order valence-electron chi connectivity index (χ0n) is 14.7. The Morgan fingerprint density at radius 3 is 2.96 bits per heavy atom. The highest BCUT2D eigenvalue weighted by atomic mass is 16.6. The molecule has 0 radical (unpaired) electrons. The number of hydrogen-bond donors (Lipinski definition) is 0. The van der Waals surface area contributed by atoms with Crippen LogP contribution in [0.2, 0.25) is 0 Å². The zero-order valence-corrected chi connectivity index (χ0v) is 14.7. The summed E-state index contributed by atoms with van der Waals surface area (Å²) in [4.78, 5) is 21.6. The molecule has 0 aromatic carbocycles. The van der Waals surface area contributed by atoms with E-state index < -0.39 is 10.5 Å². The minimum atomic E-state index is -0.490. The van der Waals surface area contributed by atoms with Crippen molar-refractivity contribution in [3.63, 3.8) is 0 Å². The second-order valence-corrected chi connectivity index (χ2v) is 7.90. The molecule has 2 aliphatic heterocycles. The molecule has 1 aliphatic carbocycles. The number of aromatic nitrogens is 3. The molecule has 1 fully saturated rings. The number of rotatable bonds is 4. The molecular formula is C18H21N5O3. The van der Waals surface area contributed by atoms with Crippen LogP contribution < -0.4 is 4.74 Å². The third kappa shape index (κ3) is 2.74. The van der Waals surface area contributed by atoms with Crippen molar-refractivity contribution in [2.45, 2.75) is 50.8 Å². The Balaban J connectivity index is 1.27. The van der Waals surface area contributed by atoms with E-state index in [-0.39, 0.29) is 5.82 Å². The molecule has 0 bridgehead atoms. The van der Waals surface area contributed by atoms with E-state index in [1.165, 1.54) is 36.0 Å². The predicted molar refractivity (Wildman–Crippen MR) is 93.1 cm³/mol. The first kappa shape index (κ1) is 15.7. The smallest absolute Gasteiger partial charge is 0.415 e. The lowest BCUT2D eigenvalue weighted by atomic mass is 10.0. The molecule has 1 saturated carbocycles. The average Bonchev–Trinajstić information content (AvgIpc) is 3.30. The zero-order chi connectivity index (χ0) is 17.9. The van der Waals surface area contributed by atoms with Gasteiger partial charge < -0.3 is 14.9 Å². The number of nitrogens with zero attached hydrogens (tertiary/aromatic N) is 5. The highest BCUT2D eigenvalue weighted by Gasteiger charge is 2.42. The molecular weight excluding hydrogens is 334 g/mol. The molecule has 3 aliphatic rings. The van der Waals surface area contributed by atoms with Gasteiger partial charge in [0.2, 0.25) is 0 Å². The number of ether oxygens (including phenoxy) is 1. The lowest BCUT2D eigenvalue weighted by molar-refractivity contribution is -0.389. The standard InChI is InChI=1S/C18H21N5O3/c1-18(11-22-9-16(23(24)25)20-17(22)26-18)10-21-7-6-15-13(8-21)4-5-14(19-15)12-2-3-12/h4-5,9,12H,2-3,6-8,10-11H2,1H3. The Labute approximate surface area is 151 Å². The Hall–Kier alpha value is -2.48. The van der Waals surface area contributed by atoms with Crippen molar-refractivity contribution in [3.8, 4) is 6.01 Å². The van der Waals surface area contributed by atoms with Crippen LogP contribution in [0, 0.1) is 10.1 Å². The van der Waals surface area contributed by atoms with Crippen LogP contribution in [0.4, 0.5) is 5.82 Å². The number of imidazole rings is 1. The number of fused-ring (bicyclic) bond motifs is 2. The Morgan fingerprint density at radius 1 is 1.38 bits per heavy atom. The fourth-order valence-corrected chi connectivity index (χ4v) is 4.07. The van der Waals surface area contributed by atoms with Crippen molar-refractivity contribution in [1.82, 2.24) is 19.4 Å². The molecule has 0 amide bonds. The summed E-state index contributed by atoms with van der Waals surface area (Å²) in [5.41, 5.74) is 3.38. The summed E-state index contributed by atoms with van der Waals surface area (Å²) in [5.74, 6) is 0.530. The Kier molecular flexibility index (Phi) is 3.34. The summed E-state index contributed by atoms with van der Waals surface area (Å²) in [5, 5.41) is 10.8. The van der Waals surface area contributed by atoms with Gasteiger partial charge in [0.1, 0.15) is 11.8 Å². The molecule has 1 atom stereocenters. The average molecular weight is 355 g/mol. The van der Waals surface area contributed by atoms with Crippen LogP contribution >= 0.6 is 0 Å². The third-order valence-electron chi connectivity index (χ3n) is 5.46. The van der Waals surface area contributed by atoms with Crippen LogP contribution in [0.15, 0.2) is 18.3 Å². The summed E-state index contributed by atoms with van der Waals surface area (Å²) in [7, 11) is 0. The molecule has 2 aromatic heterocycles. The van der Waals surface area contributed by atoms with Crippen molar-refractivity contribution in [2.24, 2.45) is 0 Å². The summed E-state index contributed by atoms with van der Waals surface area (Å²) in [6, 6.07) is 4.75. The molecule has 4 heterocycles. The van der Waals surface area contributed by atoms with Crippen LogP contribution in [0.25, 0.3) is 0 Å². The Morgan fingerprint density at radius 2 is 2.23 bits per heavy atom. The van der Waals surface area contributed by atoms with E-state index in [9.17, 15) is 10.1 Å². The second-order valence-electron chi connectivity index (χ2n) is 7.90. The van der Waals surface area contributed by atoms with Crippen LogP contribution in [0.1, 0.15) is 42.6 Å². The van der Waals surface area contributed by atoms with E-state index >= 15 is 0 Å². The SMILES string of the molecule is CC1(CN2CCc3nc(C4CC4)ccc3C2)Cn2cc([N+](=O)[O-])nc2O1. The maximum atomic E-state index is 10.8. The van der Waals surface area contributed by atoms with E-state index in [0.717, 1.165) is 26.1 Å². The fourth-order valence-electron chi connectivity index (χ4n) is 4.07. The van der Waals surface area contributed by atoms with Crippen molar-refractivity contribution in [2.75, 3.05) is 13.1 Å². The van der Waals surface area contributed by atoms with Gasteiger partial charge >= 0.3 is 11.8 Å². The van der Waals surface area contributed by atoms with E-state index in [2.05, 4.69) is 22.0 Å². The van der Waals surface area contributed by atoms with Gasteiger partial charge in [0.05, 0.1) is 6.54 Å². The molecule has 0 saturated heterocycles. The maximum Gasteiger partial charge on any atom is 0.415 e. The minimum Gasteiger partial charge on any atom is -0.436 e. The first-order valence-corrected chi connectivity index (χ1v) is 9.11. The monoisotopic (exact) mass is 355 g/mol. The summed E-state index contributed by atoms with van der Waals surface area (Å²) in [6.07, 6.45) is 4.97. The molecule has 0 N–H and O–H groups in total. The lowest BCUT2D eigenvalue weighted by Crippen LogP contribution is -2.46. The minimum absolute atomic E-state index is 0.161. The molecule has 5 rings (SSSR count). The van der Waals surface area contributed by atoms with Gasteiger partial charge in [0.15, 0.2) is 0 Å². The van der Waals surface area contributed by atoms with Gasteiger partial charge in [-0.15, -0.1) is 0 Å². The summed E-state index contributed by atoms with van der Waals surface area (Å²) in [6.45, 7) is 5.20. The first-order valence-electron chi connectivity index (χ1n) is 9.11. The van der Waals surface area contributed by atoms with E-state index in [1.54, 1.807) is 4.57 Å². The van der Waals surface area contributed by atoms with Crippen LogP contribution in [0.5, 0.6) is 6.01 Å². The molecule has 26 heavy (non-hydrogen) atoms. The highest BCUT2D eigenvalue weighted by molar-refractivity contribution is 5.29. The molecule has 0 spiro atoms. The van der Waals surface area contributed by atoms with Crippen molar-refractivity contribution in [1.29, 1.82) is 0 Å². The van der Waals surface area contributed by atoms with E-state index in [1.807, 2.05) is 6.92 Å². The highest BCUT2D eigenvalue weighted by Crippen LogP contribution is 2.39. The molecule has 1 unspecified atom stereocenters. The van der Waals surface area contributed by atoms with Gasteiger partial charge in [-0.1, -0.05) is 6.07 Å². The largest absolute Gasteiger partial charge is 0.436 e. The molecule has 136 valence electrons. The number of nitro groups is 1. The van der Waals surface area contributed by atoms with Gasteiger partial charge in [-0.3, -0.25) is 14.5 Å². The van der Waals surface area contributed by atoms with Gasteiger partial charge in [-0.25, -0.2) is 0 Å². The second kappa shape index (κ2) is 5.51. The molecule has 8 nitrogen and oxygen atoms in total. The molecule has 8 heteroatoms. The number of hydrogen-bond acceptors (Lipinski definition) is 6. The summed E-state index contributed by atoms with van der Waals surface area (Å²) >= 11 is 0. The van der Waals surface area contributed by atoms with Gasteiger partial charge in [-0.2, -0.15) is 0 Å². The third-order valence-corrected chi connectivity index (χ3v) is 5.46. The normalized spacial score (nSPS) is 24.8. The van der Waals surface area contributed by atoms with Crippen LogP contribution in [0.3, 0.4) is 0 Å². The lowest BCUT2D eigenvalue weighted by Gasteiger charge is -2.34. The first-order chi connectivity index (χ1) is 12.5. The Bertz CT molecular complexity index is 865. The van der Waals surface area contributed by atoms with E-state index in [0.29, 0.717) is 18.5 Å².